The Morgan fingerprint density at radius 1 is 1.06 bits per heavy atom. The van der Waals surface area contributed by atoms with Gasteiger partial charge in [0, 0.05) is 21.6 Å². The summed E-state index contributed by atoms with van der Waals surface area (Å²) in [5.74, 6) is -2.37. The van der Waals surface area contributed by atoms with E-state index in [-0.39, 0.29) is 52.4 Å². The molecule has 0 spiro atoms. The molecule has 11 nitrogen and oxygen atoms in total. The van der Waals surface area contributed by atoms with Crippen LogP contribution in [0.15, 0.2) is 69.7 Å². The third kappa shape index (κ3) is 7.00. The number of carbonyl (C=O) groups excluding carboxylic acids is 4. The quantitative estimate of drug-likeness (QED) is 0.162. The van der Waals surface area contributed by atoms with Crippen molar-refractivity contribution >= 4 is 81.4 Å². The molecule has 0 radical (unpaired) electrons. The van der Waals surface area contributed by atoms with Gasteiger partial charge in [0.25, 0.3) is 17.7 Å². The van der Waals surface area contributed by atoms with Crippen molar-refractivity contribution in [2.24, 2.45) is 10.9 Å². The lowest BCUT2D eigenvalue weighted by Gasteiger charge is -2.21. The molecule has 3 aromatic rings. The number of para-hydroxylation sites is 1. The van der Waals surface area contributed by atoms with E-state index in [1.54, 1.807) is 50.2 Å². The molecule has 2 aromatic carbocycles. The highest BCUT2D eigenvalue weighted by atomic mass is 35.5. The maximum Gasteiger partial charge on any atom is 0.349 e. The molecule has 1 unspecified atom stereocenters. The minimum absolute atomic E-state index is 0.0197. The zero-order valence-electron chi connectivity index (χ0n) is 27.3. The third-order valence-electron chi connectivity index (χ3n) is 8.72. The summed E-state index contributed by atoms with van der Waals surface area (Å²) in [6, 6.07) is 13.5. The van der Waals surface area contributed by atoms with Gasteiger partial charge in [0.1, 0.15) is 16.3 Å². The van der Waals surface area contributed by atoms with Gasteiger partial charge in [-0.2, -0.15) is 0 Å². The summed E-state index contributed by atoms with van der Waals surface area (Å²) >= 11 is 12.1. The summed E-state index contributed by atoms with van der Waals surface area (Å²) in [7, 11) is 0. The van der Waals surface area contributed by atoms with Crippen molar-refractivity contribution in [3.63, 3.8) is 0 Å². The number of benzene rings is 2. The Morgan fingerprint density at radius 2 is 1.71 bits per heavy atom. The average Bonchev–Trinajstić information content (AvgIpc) is 3.53. The number of fused-ring (bicyclic) bond motifs is 1. The smallest absolute Gasteiger partial charge is 0.349 e. The highest BCUT2D eigenvalue weighted by Crippen LogP contribution is 2.37. The van der Waals surface area contributed by atoms with E-state index < -0.39 is 17.5 Å². The Balaban J connectivity index is 0.000000192. The molecule has 1 aliphatic carbocycles. The number of hydrogen-bond acceptors (Lipinski definition) is 8. The molecule has 49 heavy (non-hydrogen) atoms. The van der Waals surface area contributed by atoms with Crippen LogP contribution >= 0.6 is 23.2 Å². The number of nitrogens with zero attached hydrogens (tertiary/aromatic N) is 3. The van der Waals surface area contributed by atoms with Gasteiger partial charge >= 0.3 is 11.9 Å². The van der Waals surface area contributed by atoms with Crippen LogP contribution in [0, 0.1) is 5.92 Å². The molecule has 1 atom stereocenters. The van der Waals surface area contributed by atoms with Crippen LogP contribution in [0.1, 0.15) is 75.0 Å². The van der Waals surface area contributed by atoms with E-state index in [4.69, 9.17) is 27.9 Å². The van der Waals surface area contributed by atoms with Gasteiger partial charge in [-0.3, -0.25) is 14.4 Å². The van der Waals surface area contributed by atoms with Gasteiger partial charge in [0.2, 0.25) is 0 Å². The van der Waals surface area contributed by atoms with Crippen molar-refractivity contribution in [2.75, 3.05) is 11.5 Å². The fraction of sp³-hybridized carbons (Fsp3) is 0.306. The summed E-state index contributed by atoms with van der Waals surface area (Å²) < 4.78 is 4.84. The second kappa shape index (κ2) is 14.3. The van der Waals surface area contributed by atoms with Crippen LogP contribution in [0.3, 0.4) is 0 Å². The van der Waals surface area contributed by atoms with Gasteiger partial charge in [-0.1, -0.05) is 55.2 Å². The number of aliphatic imine (C=N–C) groups is 1. The van der Waals surface area contributed by atoms with Gasteiger partial charge in [-0.25, -0.2) is 24.5 Å². The number of carboxylic acids is 1. The van der Waals surface area contributed by atoms with Crippen LogP contribution in [-0.4, -0.2) is 57.7 Å². The first-order valence-electron chi connectivity index (χ1n) is 15.8. The highest BCUT2D eigenvalue weighted by Gasteiger charge is 2.43. The number of imide groups is 1. The van der Waals surface area contributed by atoms with Crippen LogP contribution in [0.4, 0.5) is 5.69 Å². The average molecular weight is 706 g/mol. The molecule has 6 rings (SSSR count). The second-order valence-corrected chi connectivity index (χ2v) is 12.9. The predicted octanol–water partition coefficient (Wildman–Crippen LogP) is 6.45. The number of hydrogen-bond donors (Lipinski definition) is 2. The summed E-state index contributed by atoms with van der Waals surface area (Å²) in [4.78, 5) is 70.9. The SMILES string of the molecule is CC(C)C1(C)N=C(c2nc3ccccc3cc2C(=O)O)NC1=O.CCOC(=O)/C(Cl)=C/c1cc(N2C(=O)C3=C(CCCC3)C2=O)ccc1Cl. The number of amides is 3. The van der Waals surface area contributed by atoms with Crippen LogP contribution in [-0.2, 0) is 23.9 Å². The number of amidine groups is 1. The number of pyridine rings is 1. The Labute approximate surface area is 292 Å². The normalized spacial score (nSPS) is 19.1. The molecular formula is C36H34Cl2N4O7. The minimum Gasteiger partial charge on any atom is -0.478 e. The number of aromatic nitrogens is 1. The zero-order chi connectivity index (χ0) is 35.6. The number of carboxylic acid groups (broad SMARTS) is 1. The first kappa shape index (κ1) is 35.4. The van der Waals surface area contributed by atoms with E-state index in [1.165, 1.54) is 11.0 Å². The van der Waals surface area contributed by atoms with Crippen molar-refractivity contribution in [1.82, 2.24) is 10.3 Å². The first-order valence-corrected chi connectivity index (χ1v) is 16.5. The number of carbonyl (C=O) groups is 5. The summed E-state index contributed by atoms with van der Waals surface area (Å²) in [6.45, 7) is 7.41. The number of esters is 1. The second-order valence-electron chi connectivity index (χ2n) is 12.1. The lowest BCUT2D eigenvalue weighted by atomic mass is 9.89. The number of ether oxygens (including phenoxy) is 1. The topological polar surface area (TPSA) is 155 Å². The van der Waals surface area contributed by atoms with Crippen LogP contribution in [0.2, 0.25) is 5.02 Å². The summed E-state index contributed by atoms with van der Waals surface area (Å²) in [5, 5.41) is 13.1. The monoisotopic (exact) mass is 704 g/mol. The van der Waals surface area contributed by atoms with Crippen molar-refractivity contribution < 1.29 is 33.8 Å². The lowest BCUT2D eigenvalue weighted by molar-refractivity contribution is -0.137. The molecule has 3 heterocycles. The molecule has 0 fully saturated rings. The molecule has 1 aromatic heterocycles. The lowest BCUT2D eigenvalue weighted by Crippen LogP contribution is -2.41. The molecular weight excluding hydrogens is 671 g/mol. The zero-order valence-corrected chi connectivity index (χ0v) is 28.8. The van der Waals surface area contributed by atoms with E-state index in [2.05, 4.69) is 15.3 Å². The Bertz CT molecular complexity index is 1970. The predicted molar refractivity (Wildman–Crippen MR) is 187 cm³/mol. The first-order chi connectivity index (χ1) is 23.3. The third-order valence-corrected chi connectivity index (χ3v) is 9.33. The van der Waals surface area contributed by atoms with Crippen molar-refractivity contribution in [3.05, 3.63) is 86.6 Å². The summed E-state index contributed by atoms with van der Waals surface area (Å²) in [6.07, 6.45) is 4.45. The van der Waals surface area contributed by atoms with Gasteiger partial charge in [-0.15, -0.1) is 0 Å². The number of aromatic carboxylic acids is 1. The van der Waals surface area contributed by atoms with E-state index in [1.807, 2.05) is 26.0 Å². The van der Waals surface area contributed by atoms with E-state index in [0.29, 0.717) is 45.8 Å². The number of rotatable bonds is 7. The van der Waals surface area contributed by atoms with Crippen LogP contribution in [0.5, 0.6) is 0 Å². The highest BCUT2D eigenvalue weighted by molar-refractivity contribution is 6.43. The van der Waals surface area contributed by atoms with Gasteiger partial charge in [0.05, 0.1) is 23.4 Å². The maximum absolute atomic E-state index is 12.7. The molecule has 0 bridgehead atoms. The Kier molecular flexibility index (Phi) is 10.4. The van der Waals surface area contributed by atoms with Gasteiger partial charge in [-0.05, 0) is 87.4 Å². The van der Waals surface area contributed by atoms with Crippen molar-refractivity contribution in [1.29, 1.82) is 0 Å². The van der Waals surface area contributed by atoms with Gasteiger partial charge < -0.3 is 15.2 Å². The largest absolute Gasteiger partial charge is 0.478 e. The minimum atomic E-state index is -1.10. The fourth-order valence-electron chi connectivity index (χ4n) is 5.66. The molecule has 3 aliphatic rings. The Morgan fingerprint density at radius 3 is 2.31 bits per heavy atom. The molecule has 3 amide bonds. The van der Waals surface area contributed by atoms with Crippen LogP contribution in [0.25, 0.3) is 17.0 Å². The Hall–Kier alpha value is -4.87. The number of anilines is 1. The van der Waals surface area contributed by atoms with Crippen molar-refractivity contribution in [2.45, 2.75) is 58.9 Å². The standard InChI is InChI=1S/C19H17Cl2NO4.C17H17N3O3/c1-2-26-19(25)16(21)10-11-9-12(7-8-15(11)20)22-17(23)13-5-3-4-6-14(13)18(22)24;1-9(2)17(3)16(23)19-14(20-17)13-11(15(21)22)8-10-6-4-5-7-12(10)18-13/h7-10H,2-6H2,1H3;4-9H,1-3H3,(H,21,22)(H,19,20,23)/b16-10-;. The molecule has 0 saturated carbocycles. The van der Waals surface area contributed by atoms with Crippen molar-refractivity contribution in [3.8, 4) is 0 Å². The maximum atomic E-state index is 12.7. The molecule has 13 heteroatoms. The molecule has 0 saturated heterocycles. The van der Waals surface area contributed by atoms with E-state index >= 15 is 0 Å². The van der Waals surface area contributed by atoms with Crippen LogP contribution < -0.4 is 10.2 Å². The molecule has 2 N–H and O–H groups in total. The molecule has 254 valence electrons. The van der Waals surface area contributed by atoms with E-state index in [0.717, 1.165) is 18.2 Å². The number of nitrogens with one attached hydrogen (secondary N) is 1. The fourth-order valence-corrected chi connectivity index (χ4v) is 6.00. The number of halogens is 2. The van der Waals surface area contributed by atoms with E-state index in [9.17, 15) is 29.1 Å². The summed E-state index contributed by atoms with van der Waals surface area (Å²) in [5.41, 5.74) is 1.99. The molecule has 2 aliphatic heterocycles. The van der Waals surface area contributed by atoms with Gasteiger partial charge in [0.15, 0.2) is 5.84 Å².